The molecule has 1 N–H and O–H groups in total. The van der Waals surface area contributed by atoms with Crippen molar-refractivity contribution in [3.8, 4) is 0 Å². The maximum atomic E-state index is 12.2. The molecule has 10 heteroatoms. The number of anilines is 1. The van der Waals surface area contributed by atoms with E-state index in [0.29, 0.717) is 17.1 Å². The first-order chi connectivity index (χ1) is 12.4. The number of amides is 1. The summed E-state index contributed by atoms with van der Waals surface area (Å²) in [7, 11) is 1.23. The van der Waals surface area contributed by atoms with Crippen molar-refractivity contribution in [3.63, 3.8) is 0 Å². The molecular formula is C16H18ClN3O5S. The zero-order chi connectivity index (χ0) is 19.3. The lowest BCUT2D eigenvalue weighted by molar-refractivity contribution is -0.116. The average molecular weight is 400 g/mol. The number of nitrogens with zero attached hydrogens (tertiary/aromatic N) is 2. The van der Waals surface area contributed by atoms with Gasteiger partial charge in [-0.1, -0.05) is 11.6 Å². The molecule has 0 unspecified atom stereocenters. The Bertz CT molecular complexity index is 830. The van der Waals surface area contributed by atoms with E-state index in [-0.39, 0.29) is 34.4 Å². The molecule has 0 saturated heterocycles. The Morgan fingerprint density at radius 1 is 1.35 bits per heavy atom. The van der Waals surface area contributed by atoms with Crippen LogP contribution in [-0.4, -0.2) is 41.3 Å². The minimum Gasteiger partial charge on any atom is -0.465 e. The highest BCUT2D eigenvalue weighted by Crippen LogP contribution is 2.34. The van der Waals surface area contributed by atoms with E-state index in [1.165, 1.54) is 18.0 Å². The second-order valence-electron chi connectivity index (χ2n) is 5.19. The minimum atomic E-state index is -0.636. The number of thiophene rings is 1. The predicted molar refractivity (Wildman–Crippen MR) is 96.8 cm³/mol. The van der Waals surface area contributed by atoms with Crippen molar-refractivity contribution < 1.29 is 23.9 Å². The van der Waals surface area contributed by atoms with Crippen LogP contribution in [-0.2, 0) is 20.8 Å². The van der Waals surface area contributed by atoms with Gasteiger partial charge in [0.05, 0.1) is 30.5 Å². The fraction of sp³-hybridized carbons (Fsp3) is 0.375. The van der Waals surface area contributed by atoms with Crippen molar-refractivity contribution in [2.24, 2.45) is 0 Å². The average Bonchev–Trinajstić information content (AvgIpc) is 3.16. The molecule has 8 nitrogen and oxygen atoms in total. The summed E-state index contributed by atoms with van der Waals surface area (Å²) in [5, 5.41) is 7.37. The van der Waals surface area contributed by atoms with Crippen LogP contribution >= 0.6 is 22.9 Å². The number of ether oxygens (including phenoxy) is 2. The smallest absolute Gasteiger partial charge is 0.348 e. The van der Waals surface area contributed by atoms with Gasteiger partial charge < -0.3 is 14.8 Å². The van der Waals surface area contributed by atoms with Crippen molar-refractivity contribution in [1.82, 2.24) is 9.78 Å². The highest BCUT2D eigenvalue weighted by molar-refractivity contribution is 7.18. The highest BCUT2D eigenvalue weighted by Gasteiger charge is 2.26. The van der Waals surface area contributed by atoms with E-state index >= 15 is 0 Å². The van der Waals surface area contributed by atoms with Crippen molar-refractivity contribution >= 4 is 45.8 Å². The van der Waals surface area contributed by atoms with Crippen molar-refractivity contribution in [2.75, 3.05) is 19.0 Å². The molecule has 0 atom stereocenters. The zero-order valence-corrected chi connectivity index (χ0v) is 16.1. The number of aryl methyl sites for hydroxylation is 1. The molecule has 140 valence electrons. The van der Waals surface area contributed by atoms with Gasteiger partial charge in [-0.05, 0) is 19.4 Å². The van der Waals surface area contributed by atoms with Crippen LogP contribution in [0.5, 0.6) is 0 Å². The number of esters is 2. The summed E-state index contributed by atoms with van der Waals surface area (Å²) in [5.41, 5.74) is 0.561. The molecule has 0 fully saturated rings. The van der Waals surface area contributed by atoms with E-state index in [2.05, 4.69) is 10.4 Å². The minimum absolute atomic E-state index is 0.115. The van der Waals surface area contributed by atoms with Gasteiger partial charge in [0, 0.05) is 19.2 Å². The van der Waals surface area contributed by atoms with Crippen LogP contribution in [0, 0.1) is 6.92 Å². The number of methoxy groups -OCH3 is 1. The largest absolute Gasteiger partial charge is 0.465 e. The monoisotopic (exact) mass is 399 g/mol. The standard InChI is InChI=1S/C16H18ClN3O5S/c1-4-25-16(23)13-9(2)12(15(22)24-3)14(26-13)19-11(21)5-6-20-8-10(17)7-18-20/h7-8H,4-6H2,1-3H3,(H,19,21). The van der Waals surface area contributed by atoms with Crippen LogP contribution in [0.25, 0.3) is 0 Å². The number of halogens is 1. The van der Waals surface area contributed by atoms with Crippen LogP contribution < -0.4 is 5.32 Å². The summed E-state index contributed by atoms with van der Waals surface area (Å²) in [5.74, 6) is -1.52. The number of aromatic nitrogens is 2. The summed E-state index contributed by atoms with van der Waals surface area (Å²) in [6, 6.07) is 0. The topological polar surface area (TPSA) is 99.5 Å². The van der Waals surface area contributed by atoms with Crippen LogP contribution in [0.3, 0.4) is 0 Å². The van der Waals surface area contributed by atoms with Gasteiger partial charge in [-0.3, -0.25) is 9.48 Å². The van der Waals surface area contributed by atoms with Gasteiger partial charge in [0.15, 0.2) is 0 Å². The summed E-state index contributed by atoms with van der Waals surface area (Å²) in [6.45, 7) is 3.82. The Morgan fingerprint density at radius 2 is 2.08 bits per heavy atom. The Hall–Kier alpha value is -2.39. The van der Waals surface area contributed by atoms with Gasteiger partial charge in [0.2, 0.25) is 5.91 Å². The van der Waals surface area contributed by atoms with E-state index in [1.807, 2.05) is 0 Å². The van der Waals surface area contributed by atoms with Crippen molar-refractivity contribution in [2.45, 2.75) is 26.8 Å². The molecule has 0 aliphatic rings. The molecule has 26 heavy (non-hydrogen) atoms. The summed E-state index contributed by atoms with van der Waals surface area (Å²) in [4.78, 5) is 36.6. The first-order valence-electron chi connectivity index (χ1n) is 7.74. The lowest BCUT2D eigenvalue weighted by Crippen LogP contribution is -2.16. The molecule has 0 aliphatic heterocycles. The molecule has 2 aromatic heterocycles. The van der Waals surface area contributed by atoms with Crippen LogP contribution in [0.15, 0.2) is 12.4 Å². The van der Waals surface area contributed by atoms with E-state index in [9.17, 15) is 14.4 Å². The van der Waals surface area contributed by atoms with Crippen LogP contribution in [0.1, 0.15) is 38.9 Å². The molecule has 0 aliphatic carbocycles. The summed E-state index contributed by atoms with van der Waals surface area (Å²) in [6.07, 6.45) is 3.19. The maximum Gasteiger partial charge on any atom is 0.348 e. The molecule has 2 rings (SSSR count). The lowest BCUT2D eigenvalue weighted by atomic mass is 10.1. The molecule has 0 bridgehead atoms. The van der Waals surface area contributed by atoms with E-state index < -0.39 is 11.9 Å². The van der Waals surface area contributed by atoms with Gasteiger partial charge in [-0.25, -0.2) is 9.59 Å². The van der Waals surface area contributed by atoms with Gasteiger partial charge in [0.25, 0.3) is 0 Å². The number of nitrogens with one attached hydrogen (secondary N) is 1. The van der Waals surface area contributed by atoms with E-state index in [4.69, 9.17) is 21.1 Å². The van der Waals surface area contributed by atoms with E-state index in [0.717, 1.165) is 11.3 Å². The Kier molecular flexibility index (Phi) is 6.76. The summed E-state index contributed by atoms with van der Waals surface area (Å²) < 4.78 is 11.3. The van der Waals surface area contributed by atoms with Gasteiger partial charge in [-0.15, -0.1) is 11.3 Å². The number of rotatable bonds is 7. The lowest BCUT2D eigenvalue weighted by Gasteiger charge is -2.06. The zero-order valence-electron chi connectivity index (χ0n) is 14.5. The van der Waals surface area contributed by atoms with Crippen LogP contribution in [0.2, 0.25) is 5.02 Å². The SMILES string of the molecule is CCOC(=O)c1sc(NC(=O)CCn2cc(Cl)cn2)c(C(=O)OC)c1C. The number of carbonyl (C=O) groups excluding carboxylic acids is 3. The Balaban J connectivity index is 2.18. The Morgan fingerprint density at radius 3 is 2.65 bits per heavy atom. The number of carbonyl (C=O) groups is 3. The van der Waals surface area contributed by atoms with Gasteiger partial charge in [0.1, 0.15) is 9.88 Å². The number of hydrogen-bond donors (Lipinski definition) is 1. The van der Waals surface area contributed by atoms with Gasteiger partial charge >= 0.3 is 11.9 Å². The third-order valence-electron chi connectivity index (χ3n) is 3.42. The molecule has 1 amide bonds. The first-order valence-corrected chi connectivity index (χ1v) is 8.93. The second kappa shape index (κ2) is 8.81. The highest BCUT2D eigenvalue weighted by atomic mass is 35.5. The molecule has 2 heterocycles. The first kappa shape index (κ1) is 19.9. The van der Waals surface area contributed by atoms with E-state index in [1.54, 1.807) is 20.0 Å². The molecule has 0 radical (unpaired) electrons. The normalized spacial score (nSPS) is 10.5. The third-order valence-corrected chi connectivity index (χ3v) is 4.80. The third kappa shape index (κ3) is 4.61. The molecule has 0 saturated carbocycles. The molecule has 2 aromatic rings. The van der Waals surface area contributed by atoms with Crippen molar-refractivity contribution in [3.05, 3.63) is 33.4 Å². The molecular weight excluding hydrogens is 382 g/mol. The number of hydrogen-bond acceptors (Lipinski definition) is 7. The predicted octanol–water partition coefficient (Wildman–Crippen LogP) is 2.90. The second-order valence-corrected chi connectivity index (χ2v) is 6.65. The fourth-order valence-electron chi connectivity index (χ4n) is 2.21. The summed E-state index contributed by atoms with van der Waals surface area (Å²) >= 11 is 6.76. The molecule has 0 aromatic carbocycles. The van der Waals surface area contributed by atoms with Gasteiger partial charge in [-0.2, -0.15) is 5.10 Å². The van der Waals surface area contributed by atoms with Crippen molar-refractivity contribution in [1.29, 1.82) is 0 Å². The maximum absolute atomic E-state index is 12.2. The van der Waals surface area contributed by atoms with Crippen LogP contribution in [0.4, 0.5) is 5.00 Å². The molecule has 0 spiro atoms. The Labute approximate surface area is 159 Å². The quantitative estimate of drug-likeness (QED) is 0.718. The fourth-order valence-corrected chi connectivity index (χ4v) is 3.47.